The maximum absolute atomic E-state index is 11.2. The molecule has 6 heteroatoms. The van der Waals surface area contributed by atoms with Crippen LogP contribution in [0.25, 0.3) is 0 Å². The van der Waals surface area contributed by atoms with Gasteiger partial charge in [0.25, 0.3) is 0 Å². The Morgan fingerprint density at radius 1 is 1.50 bits per heavy atom. The average molecular weight is 287 g/mol. The molecule has 98 valence electrons. The fourth-order valence-corrected chi connectivity index (χ4v) is 3.53. The second-order valence-electron chi connectivity index (χ2n) is 4.37. The molecular formula is C12H15ClN2O2S. The number of anilines is 1. The quantitative estimate of drug-likeness (QED) is 0.616. The summed E-state index contributed by atoms with van der Waals surface area (Å²) in [5, 5.41) is 11.8. The standard InChI is InChI=1S/C12H15ClN2O2S/c1-8-9(2)18-7-6-14(8)11-5-3-4-10(13)12(11)15(16)17/h3-5,8-9H,6-7H2,1-2H3. The predicted octanol–water partition coefficient (Wildman–Crippen LogP) is 3.58. The second kappa shape index (κ2) is 5.36. The Morgan fingerprint density at radius 2 is 2.22 bits per heavy atom. The normalized spacial score (nSPS) is 24.1. The van der Waals surface area contributed by atoms with Crippen molar-refractivity contribution in [2.24, 2.45) is 0 Å². The van der Waals surface area contributed by atoms with Gasteiger partial charge in [-0.3, -0.25) is 10.1 Å². The van der Waals surface area contributed by atoms with Gasteiger partial charge >= 0.3 is 5.69 Å². The fraction of sp³-hybridized carbons (Fsp3) is 0.500. The van der Waals surface area contributed by atoms with Gasteiger partial charge in [0.2, 0.25) is 0 Å². The van der Waals surface area contributed by atoms with E-state index in [1.807, 2.05) is 11.8 Å². The molecule has 0 amide bonds. The topological polar surface area (TPSA) is 46.4 Å². The van der Waals surface area contributed by atoms with Crippen molar-refractivity contribution in [1.82, 2.24) is 0 Å². The van der Waals surface area contributed by atoms with Gasteiger partial charge in [-0.1, -0.05) is 24.6 Å². The highest BCUT2D eigenvalue weighted by molar-refractivity contribution is 8.00. The summed E-state index contributed by atoms with van der Waals surface area (Å²) in [7, 11) is 0. The van der Waals surface area contributed by atoms with Crippen molar-refractivity contribution < 1.29 is 4.92 Å². The molecule has 1 aliphatic rings. The summed E-state index contributed by atoms with van der Waals surface area (Å²) in [5.41, 5.74) is 0.650. The number of rotatable bonds is 2. The van der Waals surface area contributed by atoms with Gasteiger partial charge in [0.15, 0.2) is 0 Å². The first kappa shape index (κ1) is 13.5. The minimum atomic E-state index is -0.392. The second-order valence-corrected chi connectivity index (χ2v) is 6.27. The molecule has 1 heterocycles. The molecule has 0 aliphatic carbocycles. The lowest BCUT2D eigenvalue weighted by molar-refractivity contribution is -0.384. The van der Waals surface area contributed by atoms with Crippen LogP contribution in [-0.4, -0.2) is 28.5 Å². The Hall–Kier alpha value is -0.940. The first-order valence-corrected chi connectivity index (χ1v) is 7.26. The first-order valence-electron chi connectivity index (χ1n) is 5.83. The molecule has 1 aliphatic heterocycles. The molecule has 18 heavy (non-hydrogen) atoms. The van der Waals surface area contributed by atoms with E-state index < -0.39 is 4.92 Å². The smallest absolute Gasteiger partial charge is 0.310 e. The van der Waals surface area contributed by atoms with Crippen LogP contribution in [0.5, 0.6) is 0 Å². The third-order valence-electron chi connectivity index (χ3n) is 3.34. The minimum Gasteiger partial charge on any atom is -0.361 e. The molecule has 4 nitrogen and oxygen atoms in total. The van der Waals surface area contributed by atoms with Crippen molar-refractivity contribution in [2.75, 3.05) is 17.2 Å². The largest absolute Gasteiger partial charge is 0.361 e. The minimum absolute atomic E-state index is 0.0186. The monoisotopic (exact) mass is 286 g/mol. The van der Waals surface area contributed by atoms with Gasteiger partial charge < -0.3 is 4.90 Å². The molecule has 0 aromatic heterocycles. The highest BCUT2D eigenvalue weighted by Gasteiger charge is 2.30. The third kappa shape index (κ3) is 2.42. The number of nitro benzene ring substituents is 1. The van der Waals surface area contributed by atoms with E-state index in [0.29, 0.717) is 10.9 Å². The molecule has 2 atom stereocenters. The van der Waals surface area contributed by atoms with Gasteiger partial charge in [-0.05, 0) is 19.1 Å². The van der Waals surface area contributed by atoms with E-state index in [0.717, 1.165) is 12.3 Å². The fourth-order valence-electron chi connectivity index (χ4n) is 2.19. The highest BCUT2D eigenvalue weighted by atomic mass is 35.5. The van der Waals surface area contributed by atoms with Crippen LogP contribution in [-0.2, 0) is 0 Å². The van der Waals surface area contributed by atoms with E-state index >= 15 is 0 Å². The van der Waals surface area contributed by atoms with Crippen molar-refractivity contribution in [2.45, 2.75) is 25.1 Å². The Balaban J connectivity index is 2.44. The molecular weight excluding hydrogens is 272 g/mol. The van der Waals surface area contributed by atoms with Crippen LogP contribution in [0.4, 0.5) is 11.4 Å². The zero-order valence-electron chi connectivity index (χ0n) is 10.3. The summed E-state index contributed by atoms with van der Waals surface area (Å²) in [5.74, 6) is 0.981. The molecule has 1 aromatic carbocycles. The highest BCUT2D eigenvalue weighted by Crippen LogP contribution is 2.38. The van der Waals surface area contributed by atoms with Crippen LogP contribution in [0.3, 0.4) is 0 Å². The summed E-state index contributed by atoms with van der Waals surface area (Å²) < 4.78 is 0. The van der Waals surface area contributed by atoms with Gasteiger partial charge in [-0.25, -0.2) is 0 Å². The van der Waals surface area contributed by atoms with Crippen molar-refractivity contribution in [1.29, 1.82) is 0 Å². The van der Waals surface area contributed by atoms with Crippen LogP contribution in [0.2, 0.25) is 5.02 Å². The molecule has 2 rings (SSSR count). The van der Waals surface area contributed by atoms with Crippen LogP contribution in [0.15, 0.2) is 18.2 Å². The van der Waals surface area contributed by atoms with Crippen molar-refractivity contribution >= 4 is 34.7 Å². The molecule has 2 unspecified atom stereocenters. The molecule has 0 saturated carbocycles. The average Bonchev–Trinajstić information content (AvgIpc) is 2.32. The molecule has 0 bridgehead atoms. The van der Waals surface area contributed by atoms with E-state index in [4.69, 9.17) is 11.6 Å². The van der Waals surface area contributed by atoms with Crippen molar-refractivity contribution in [3.05, 3.63) is 33.3 Å². The number of nitro groups is 1. The van der Waals surface area contributed by atoms with E-state index in [2.05, 4.69) is 18.7 Å². The SMILES string of the molecule is CC1SCCN(c2cccc(Cl)c2[N+](=O)[O-])C1C. The third-order valence-corrected chi connectivity index (χ3v) is 4.98. The molecule has 0 radical (unpaired) electrons. The van der Waals surface area contributed by atoms with Crippen LogP contribution < -0.4 is 4.90 Å². The van der Waals surface area contributed by atoms with Crippen LogP contribution in [0, 0.1) is 10.1 Å². The van der Waals surface area contributed by atoms with E-state index in [9.17, 15) is 10.1 Å². The Bertz CT molecular complexity index is 469. The van der Waals surface area contributed by atoms with Crippen molar-refractivity contribution in [3.63, 3.8) is 0 Å². The maximum Gasteiger partial charge on any atom is 0.310 e. The number of para-hydroxylation sites is 1. The van der Waals surface area contributed by atoms with E-state index in [1.54, 1.807) is 18.2 Å². The Morgan fingerprint density at radius 3 is 2.89 bits per heavy atom. The molecule has 1 fully saturated rings. The summed E-state index contributed by atoms with van der Waals surface area (Å²) in [6.45, 7) is 5.07. The van der Waals surface area contributed by atoms with Crippen LogP contribution in [0.1, 0.15) is 13.8 Å². The number of halogens is 1. The summed E-state index contributed by atoms with van der Waals surface area (Å²) in [6, 6.07) is 5.38. The summed E-state index contributed by atoms with van der Waals surface area (Å²) in [4.78, 5) is 12.9. The molecule has 0 N–H and O–H groups in total. The van der Waals surface area contributed by atoms with E-state index in [1.165, 1.54) is 0 Å². The zero-order valence-corrected chi connectivity index (χ0v) is 11.9. The molecule has 0 spiro atoms. The lowest BCUT2D eigenvalue weighted by atomic mass is 10.1. The number of nitrogens with zero attached hydrogens (tertiary/aromatic N) is 2. The predicted molar refractivity (Wildman–Crippen MR) is 76.8 cm³/mol. The van der Waals surface area contributed by atoms with Crippen molar-refractivity contribution in [3.8, 4) is 0 Å². The van der Waals surface area contributed by atoms with Gasteiger partial charge in [-0.2, -0.15) is 11.8 Å². The van der Waals surface area contributed by atoms with Gasteiger partial charge in [0.1, 0.15) is 10.7 Å². The van der Waals surface area contributed by atoms with Gasteiger partial charge in [0.05, 0.1) is 4.92 Å². The van der Waals surface area contributed by atoms with Gasteiger partial charge in [-0.15, -0.1) is 0 Å². The first-order chi connectivity index (χ1) is 8.52. The zero-order chi connectivity index (χ0) is 13.3. The number of thioether (sulfide) groups is 1. The van der Waals surface area contributed by atoms with Crippen LogP contribution >= 0.6 is 23.4 Å². The summed E-state index contributed by atoms with van der Waals surface area (Å²) >= 11 is 7.85. The maximum atomic E-state index is 11.2. The van der Waals surface area contributed by atoms with Gasteiger partial charge in [0, 0.05) is 23.6 Å². The lowest BCUT2D eigenvalue weighted by Crippen LogP contribution is -2.45. The Kier molecular flexibility index (Phi) is 4.02. The number of benzene rings is 1. The van der Waals surface area contributed by atoms with E-state index in [-0.39, 0.29) is 16.8 Å². The Labute approximate surface area is 115 Å². The number of hydrogen-bond donors (Lipinski definition) is 0. The lowest BCUT2D eigenvalue weighted by Gasteiger charge is -2.38. The number of hydrogen-bond acceptors (Lipinski definition) is 4. The molecule has 1 aromatic rings. The molecule has 1 saturated heterocycles. The summed E-state index contributed by atoms with van der Waals surface area (Å²) in [6.07, 6.45) is 0.